The summed E-state index contributed by atoms with van der Waals surface area (Å²) in [4.78, 5) is 0. The molecule has 1 nitrogen and oxygen atoms in total. The van der Waals surface area contributed by atoms with Crippen LogP contribution in [0.15, 0.2) is 12.1 Å². The summed E-state index contributed by atoms with van der Waals surface area (Å²) in [6, 6.07) is 4.64. The molecule has 88 valence electrons. The molecule has 0 bridgehead atoms. The number of nitrogens with one attached hydrogen (secondary N) is 1. The van der Waals surface area contributed by atoms with E-state index in [4.69, 9.17) is 0 Å². The highest BCUT2D eigenvalue weighted by Crippen LogP contribution is 2.22. The zero-order chi connectivity index (χ0) is 11.5. The van der Waals surface area contributed by atoms with Crippen LogP contribution >= 0.6 is 0 Å². The quantitative estimate of drug-likeness (QED) is 0.802. The topological polar surface area (TPSA) is 12.0 Å². The second-order valence-electron chi connectivity index (χ2n) is 5.29. The monoisotopic (exact) mass is 217 g/mol. The van der Waals surface area contributed by atoms with Crippen molar-refractivity contribution in [2.75, 3.05) is 13.1 Å². The third kappa shape index (κ3) is 2.65. The van der Waals surface area contributed by atoms with Crippen LogP contribution in [0.5, 0.6) is 0 Å². The number of rotatable bonds is 2. The van der Waals surface area contributed by atoms with Gasteiger partial charge in [0.15, 0.2) is 0 Å². The number of hydrogen-bond acceptors (Lipinski definition) is 1. The van der Waals surface area contributed by atoms with Gasteiger partial charge in [0, 0.05) is 0 Å². The minimum atomic E-state index is 0.842. The number of piperidine rings is 1. The van der Waals surface area contributed by atoms with Crippen molar-refractivity contribution < 1.29 is 0 Å². The summed E-state index contributed by atoms with van der Waals surface area (Å²) in [5, 5.41) is 3.51. The van der Waals surface area contributed by atoms with Gasteiger partial charge in [0.25, 0.3) is 0 Å². The molecule has 1 atom stereocenters. The van der Waals surface area contributed by atoms with Gasteiger partial charge in [-0.25, -0.2) is 0 Å². The van der Waals surface area contributed by atoms with Crippen molar-refractivity contribution in [3.05, 3.63) is 34.4 Å². The lowest BCUT2D eigenvalue weighted by molar-refractivity contribution is 0.375. The fourth-order valence-electron chi connectivity index (χ4n) is 2.92. The molecule has 1 N–H and O–H groups in total. The van der Waals surface area contributed by atoms with E-state index in [0.29, 0.717) is 0 Å². The molecule has 1 heterocycles. The number of benzene rings is 1. The maximum atomic E-state index is 3.51. The van der Waals surface area contributed by atoms with Gasteiger partial charge in [0.05, 0.1) is 0 Å². The van der Waals surface area contributed by atoms with E-state index in [1.807, 2.05) is 0 Å². The van der Waals surface area contributed by atoms with Crippen molar-refractivity contribution in [2.45, 2.75) is 40.0 Å². The van der Waals surface area contributed by atoms with E-state index >= 15 is 0 Å². The highest BCUT2D eigenvalue weighted by molar-refractivity contribution is 5.37. The average Bonchev–Trinajstić information content (AvgIpc) is 2.25. The molecule has 0 aromatic heterocycles. The van der Waals surface area contributed by atoms with Gasteiger partial charge in [-0.05, 0) is 75.7 Å². The molecule has 1 saturated heterocycles. The third-order valence-corrected chi connectivity index (χ3v) is 3.73. The Balaban J connectivity index is 2.14. The smallest absolute Gasteiger partial charge is 0.00173 e. The predicted octanol–water partition coefficient (Wildman–Crippen LogP) is 3.15. The molecule has 16 heavy (non-hydrogen) atoms. The normalized spacial score (nSPS) is 21.1. The minimum absolute atomic E-state index is 0.842. The van der Waals surface area contributed by atoms with Crippen LogP contribution in [0, 0.1) is 26.7 Å². The molecule has 1 aliphatic rings. The number of aryl methyl sites for hydroxylation is 3. The Kier molecular flexibility index (Phi) is 3.65. The lowest BCUT2D eigenvalue weighted by Crippen LogP contribution is -2.31. The van der Waals surface area contributed by atoms with E-state index in [9.17, 15) is 0 Å². The van der Waals surface area contributed by atoms with Gasteiger partial charge in [0.1, 0.15) is 0 Å². The molecule has 1 unspecified atom stereocenters. The van der Waals surface area contributed by atoms with Crippen molar-refractivity contribution >= 4 is 0 Å². The second kappa shape index (κ2) is 5.01. The van der Waals surface area contributed by atoms with Gasteiger partial charge in [-0.2, -0.15) is 0 Å². The molecule has 1 aromatic rings. The van der Waals surface area contributed by atoms with Crippen LogP contribution in [0.2, 0.25) is 0 Å². The molecule has 0 saturated carbocycles. The standard InChI is InChI=1S/C15H23N/c1-11-7-12(2)15(13(3)8-11)9-14-5-4-6-16-10-14/h7-8,14,16H,4-6,9-10H2,1-3H3. The van der Waals surface area contributed by atoms with E-state index < -0.39 is 0 Å². The molecule has 1 aliphatic heterocycles. The van der Waals surface area contributed by atoms with Crippen LogP contribution in [0.25, 0.3) is 0 Å². The van der Waals surface area contributed by atoms with E-state index in [1.54, 1.807) is 5.56 Å². The molecular weight excluding hydrogens is 194 g/mol. The first-order valence-corrected chi connectivity index (χ1v) is 6.44. The first kappa shape index (κ1) is 11.7. The van der Waals surface area contributed by atoms with Gasteiger partial charge in [-0.3, -0.25) is 0 Å². The maximum absolute atomic E-state index is 3.51. The van der Waals surface area contributed by atoms with Crippen molar-refractivity contribution in [1.82, 2.24) is 5.32 Å². The number of hydrogen-bond donors (Lipinski definition) is 1. The van der Waals surface area contributed by atoms with Gasteiger partial charge < -0.3 is 5.32 Å². The lowest BCUT2D eigenvalue weighted by Gasteiger charge is -2.24. The predicted molar refractivity (Wildman–Crippen MR) is 70.0 cm³/mol. The van der Waals surface area contributed by atoms with Gasteiger partial charge in [-0.1, -0.05) is 17.7 Å². The van der Waals surface area contributed by atoms with E-state index in [2.05, 4.69) is 38.2 Å². The van der Waals surface area contributed by atoms with Crippen LogP contribution in [-0.4, -0.2) is 13.1 Å². The molecule has 1 fully saturated rings. The van der Waals surface area contributed by atoms with Crippen LogP contribution in [0.1, 0.15) is 35.1 Å². The molecule has 0 spiro atoms. The van der Waals surface area contributed by atoms with Gasteiger partial charge >= 0.3 is 0 Å². The van der Waals surface area contributed by atoms with Crippen LogP contribution in [-0.2, 0) is 6.42 Å². The zero-order valence-corrected chi connectivity index (χ0v) is 10.8. The maximum Gasteiger partial charge on any atom is -0.00173 e. The molecule has 0 amide bonds. The summed E-state index contributed by atoms with van der Waals surface area (Å²) in [5.74, 6) is 0.842. The van der Waals surface area contributed by atoms with E-state index in [-0.39, 0.29) is 0 Å². The van der Waals surface area contributed by atoms with E-state index in [1.165, 1.54) is 49.0 Å². The van der Waals surface area contributed by atoms with Crippen molar-refractivity contribution in [3.63, 3.8) is 0 Å². The largest absolute Gasteiger partial charge is 0.316 e. The summed E-state index contributed by atoms with van der Waals surface area (Å²) in [5.41, 5.74) is 5.92. The lowest BCUT2D eigenvalue weighted by atomic mass is 9.87. The van der Waals surface area contributed by atoms with Crippen LogP contribution in [0.3, 0.4) is 0 Å². The highest BCUT2D eigenvalue weighted by atomic mass is 14.9. The van der Waals surface area contributed by atoms with Crippen LogP contribution in [0.4, 0.5) is 0 Å². The van der Waals surface area contributed by atoms with Crippen molar-refractivity contribution in [3.8, 4) is 0 Å². The van der Waals surface area contributed by atoms with Gasteiger partial charge in [0.2, 0.25) is 0 Å². The summed E-state index contributed by atoms with van der Waals surface area (Å²) < 4.78 is 0. The molecule has 1 heteroatoms. The fraction of sp³-hybridized carbons (Fsp3) is 0.600. The first-order chi connectivity index (χ1) is 7.66. The molecule has 0 radical (unpaired) electrons. The summed E-state index contributed by atoms with van der Waals surface area (Å²) in [6.07, 6.45) is 3.99. The highest BCUT2D eigenvalue weighted by Gasteiger charge is 2.15. The Hall–Kier alpha value is -0.820. The summed E-state index contributed by atoms with van der Waals surface area (Å²) in [6.45, 7) is 9.11. The summed E-state index contributed by atoms with van der Waals surface area (Å²) >= 11 is 0. The molecule has 2 rings (SSSR count). The Bertz CT molecular complexity index is 339. The average molecular weight is 217 g/mol. The third-order valence-electron chi connectivity index (χ3n) is 3.73. The minimum Gasteiger partial charge on any atom is -0.316 e. The van der Waals surface area contributed by atoms with Gasteiger partial charge in [-0.15, -0.1) is 0 Å². The Morgan fingerprint density at radius 2 is 1.88 bits per heavy atom. The Morgan fingerprint density at radius 1 is 1.19 bits per heavy atom. The molecule has 1 aromatic carbocycles. The fourth-order valence-corrected chi connectivity index (χ4v) is 2.92. The Labute approximate surface area is 99.3 Å². The SMILES string of the molecule is Cc1cc(C)c(CC2CCCNC2)c(C)c1. The first-order valence-electron chi connectivity index (χ1n) is 6.44. The second-order valence-corrected chi connectivity index (χ2v) is 5.29. The Morgan fingerprint density at radius 3 is 2.44 bits per heavy atom. The molecular formula is C15H23N. The zero-order valence-electron chi connectivity index (χ0n) is 10.8. The van der Waals surface area contributed by atoms with Crippen molar-refractivity contribution in [2.24, 2.45) is 5.92 Å². The molecule has 0 aliphatic carbocycles. The van der Waals surface area contributed by atoms with E-state index in [0.717, 1.165) is 5.92 Å². The van der Waals surface area contributed by atoms with Crippen LogP contribution < -0.4 is 5.32 Å². The van der Waals surface area contributed by atoms with Crippen molar-refractivity contribution in [1.29, 1.82) is 0 Å². The summed E-state index contributed by atoms with van der Waals surface area (Å²) in [7, 11) is 0.